The van der Waals surface area contributed by atoms with Crippen molar-refractivity contribution < 1.29 is 23.5 Å². The Morgan fingerprint density at radius 2 is 2.00 bits per heavy atom. The largest absolute Gasteiger partial charge is 0.495 e. The zero-order valence-corrected chi connectivity index (χ0v) is 17.2. The van der Waals surface area contributed by atoms with Gasteiger partial charge in [-0.1, -0.05) is 30.7 Å². The van der Waals surface area contributed by atoms with Crippen LogP contribution < -0.4 is 10.1 Å². The lowest BCUT2D eigenvalue weighted by Crippen LogP contribution is -2.30. The maximum atomic E-state index is 12.4. The van der Waals surface area contributed by atoms with Gasteiger partial charge in [0.15, 0.2) is 6.10 Å². The van der Waals surface area contributed by atoms with Crippen LogP contribution in [0.3, 0.4) is 0 Å². The number of carbonyl (C=O) groups is 2. The zero-order chi connectivity index (χ0) is 21.0. The number of halogens is 1. The SMILES string of the molecule is CCc1ccc2c(CC(=O)O[C@@H](C)C(=O)Nc3cc(Cl)ccc3OC)coc2c1. The molecule has 0 fully saturated rings. The Kier molecular flexibility index (Phi) is 6.44. The van der Waals surface area contributed by atoms with E-state index in [0.717, 1.165) is 28.5 Å². The van der Waals surface area contributed by atoms with Crippen LogP contribution in [0.4, 0.5) is 5.69 Å². The molecule has 1 N–H and O–H groups in total. The van der Waals surface area contributed by atoms with E-state index >= 15 is 0 Å². The topological polar surface area (TPSA) is 77.8 Å². The van der Waals surface area contributed by atoms with E-state index in [2.05, 4.69) is 12.2 Å². The Morgan fingerprint density at radius 3 is 2.72 bits per heavy atom. The van der Waals surface area contributed by atoms with Gasteiger partial charge < -0.3 is 19.2 Å². The van der Waals surface area contributed by atoms with E-state index in [-0.39, 0.29) is 6.42 Å². The number of nitrogens with one attached hydrogen (secondary N) is 1. The molecule has 3 aromatic rings. The molecule has 6 nitrogen and oxygen atoms in total. The first-order valence-corrected chi connectivity index (χ1v) is 9.62. The molecular formula is C22H22ClNO5. The Bertz CT molecular complexity index is 1040. The molecule has 152 valence electrons. The number of esters is 1. The summed E-state index contributed by atoms with van der Waals surface area (Å²) >= 11 is 5.97. The van der Waals surface area contributed by atoms with Gasteiger partial charge in [-0.05, 0) is 43.2 Å². The minimum atomic E-state index is -0.990. The third-order valence-corrected chi connectivity index (χ3v) is 4.80. The molecular weight excluding hydrogens is 394 g/mol. The fraction of sp³-hybridized carbons (Fsp3) is 0.273. The number of benzene rings is 2. The quantitative estimate of drug-likeness (QED) is 0.562. The second kappa shape index (κ2) is 9.01. The molecule has 0 radical (unpaired) electrons. The van der Waals surface area contributed by atoms with E-state index in [9.17, 15) is 9.59 Å². The maximum Gasteiger partial charge on any atom is 0.311 e. The van der Waals surface area contributed by atoms with Gasteiger partial charge in [0.25, 0.3) is 5.91 Å². The first kappa shape index (κ1) is 20.7. The van der Waals surface area contributed by atoms with Crippen molar-refractivity contribution in [3.05, 3.63) is 58.8 Å². The van der Waals surface area contributed by atoms with Gasteiger partial charge in [0.1, 0.15) is 11.3 Å². The summed E-state index contributed by atoms with van der Waals surface area (Å²) in [5, 5.41) is 3.97. The van der Waals surface area contributed by atoms with Crippen molar-refractivity contribution in [2.75, 3.05) is 12.4 Å². The summed E-state index contributed by atoms with van der Waals surface area (Å²) in [4.78, 5) is 24.7. The van der Waals surface area contributed by atoms with E-state index in [1.165, 1.54) is 14.0 Å². The fourth-order valence-corrected chi connectivity index (χ4v) is 3.12. The molecule has 1 aromatic heterocycles. The van der Waals surface area contributed by atoms with Crippen LogP contribution in [0.5, 0.6) is 5.75 Å². The highest BCUT2D eigenvalue weighted by molar-refractivity contribution is 6.31. The van der Waals surface area contributed by atoms with Crippen molar-refractivity contribution in [2.24, 2.45) is 0 Å². The van der Waals surface area contributed by atoms with Crippen molar-refractivity contribution in [1.29, 1.82) is 0 Å². The molecule has 0 aliphatic heterocycles. The molecule has 0 saturated carbocycles. The first-order chi connectivity index (χ1) is 13.9. The molecule has 7 heteroatoms. The molecule has 0 aliphatic carbocycles. The predicted octanol–water partition coefficient (Wildman–Crippen LogP) is 4.77. The molecule has 1 heterocycles. The monoisotopic (exact) mass is 415 g/mol. The number of furan rings is 1. The normalized spacial score (nSPS) is 11.9. The van der Waals surface area contributed by atoms with Crippen molar-refractivity contribution in [3.63, 3.8) is 0 Å². The lowest BCUT2D eigenvalue weighted by atomic mass is 10.1. The van der Waals surface area contributed by atoms with Crippen molar-refractivity contribution in [3.8, 4) is 5.75 Å². The number of ether oxygens (including phenoxy) is 2. The van der Waals surface area contributed by atoms with E-state index in [0.29, 0.717) is 16.5 Å². The van der Waals surface area contributed by atoms with Crippen LogP contribution in [0.25, 0.3) is 11.0 Å². The first-order valence-electron chi connectivity index (χ1n) is 9.24. The van der Waals surface area contributed by atoms with Crippen LogP contribution >= 0.6 is 11.6 Å². The van der Waals surface area contributed by atoms with Gasteiger partial charge in [0, 0.05) is 16.0 Å². The molecule has 0 spiro atoms. The van der Waals surface area contributed by atoms with E-state index in [4.69, 9.17) is 25.5 Å². The number of anilines is 1. The Hall–Kier alpha value is -2.99. The molecule has 3 rings (SSSR count). The molecule has 0 aliphatic rings. The highest BCUT2D eigenvalue weighted by Gasteiger charge is 2.21. The number of carbonyl (C=O) groups excluding carboxylic acids is 2. The summed E-state index contributed by atoms with van der Waals surface area (Å²) in [5.74, 6) is -0.547. The number of fused-ring (bicyclic) bond motifs is 1. The van der Waals surface area contributed by atoms with Crippen LogP contribution in [-0.4, -0.2) is 25.1 Å². The highest BCUT2D eigenvalue weighted by Crippen LogP contribution is 2.28. The molecule has 1 amide bonds. The zero-order valence-electron chi connectivity index (χ0n) is 16.5. The summed E-state index contributed by atoms with van der Waals surface area (Å²) < 4.78 is 16.0. The van der Waals surface area contributed by atoms with Crippen molar-refractivity contribution in [1.82, 2.24) is 0 Å². The Labute approximate surface area is 173 Å². The smallest absolute Gasteiger partial charge is 0.311 e. The van der Waals surface area contributed by atoms with Gasteiger partial charge in [0.2, 0.25) is 0 Å². The third-order valence-electron chi connectivity index (χ3n) is 4.56. The minimum absolute atomic E-state index is 0.0105. The minimum Gasteiger partial charge on any atom is -0.495 e. The molecule has 1 atom stereocenters. The number of methoxy groups -OCH3 is 1. The molecule has 0 bridgehead atoms. The fourth-order valence-electron chi connectivity index (χ4n) is 2.94. The molecule has 0 unspecified atom stereocenters. The van der Waals surface area contributed by atoms with Crippen molar-refractivity contribution in [2.45, 2.75) is 32.8 Å². The maximum absolute atomic E-state index is 12.4. The molecule has 2 aromatic carbocycles. The van der Waals surface area contributed by atoms with Gasteiger partial charge in [0.05, 0.1) is 25.5 Å². The van der Waals surface area contributed by atoms with Gasteiger partial charge in [-0.15, -0.1) is 0 Å². The number of hydrogen-bond donors (Lipinski definition) is 1. The summed E-state index contributed by atoms with van der Waals surface area (Å²) in [5.41, 5.74) is 3.01. The summed E-state index contributed by atoms with van der Waals surface area (Å²) in [6.45, 7) is 3.57. The Balaban J connectivity index is 1.63. The van der Waals surface area contributed by atoms with Gasteiger partial charge in [-0.25, -0.2) is 0 Å². The van der Waals surface area contributed by atoms with E-state index < -0.39 is 18.0 Å². The number of rotatable bonds is 7. The lowest BCUT2D eigenvalue weighted by Gasteiger charge is -2.15. The van der Waals surface area contributed by atoms with Gasteiger partial charge >= 0.3 is 5.97 Å². The third kappa shape index (κ3) is 4.90. The molecule has 29 heavy (non-hydrogen) atoms. The number of aryl methyl sites for hydroxylation is 1. The summed E-state index contributed by atoms with van der Waals surface area (Å²) in [6.07, 6.45) is 1.47. The standard InChI is InChI=1S/C22H22ClNO5/c1-4-14-5-7-17-15(12-28-20(17)9-14)10-21(25)29-13(2)22(26)24-18-11-16(23)6-8-19(18)27-3/h5-9,11-13H,4,10H2,1-3H3,(H,24,26)/t13-/m0/s1. The summed E-state index contributed by atoms with van der Waals surface area (Å²) in [7, 11) is 1.49. The Morgan fingerprint density at radius 1 is 1.21 bits per heavy atom. The van der Waals surface area contributed by atoms with Gasteiger partial charge in [-0.3, -0.25) is 9.59 Å². The van der Waals surface area contributed by atoms with Gasteiger partial charge in [-0.2, -0.15) is 0 Å². The lowest BCUT2D eigenvalue weighted by molar-refractivity contribution is -0.152. The average molecular weight is 416 g/mol. The second-order valence-electron chi connectivity index (χ2n) is 6.59. The van der Waals surface area contributed by atoms with Crippen LogP contribution in [0.2, 0.25) is 5.02 Å². The predicted molar refractivity (Wildman–Crippen MR) is 111 cm³/mol. The van der Waals surface area contributed by atoms with Crippen LogP contribution in [0.15, 0.2) is 47.1 Å². The van der Waals surface area contributed by atoms with Crippen molar-refractivity contribution >= 4 is 40.1 Å². The highest BCUT2D eigenvalue weighted by atomic mass is 35.5. The second-order valence-corrected chi connectivity index (χ2v) is 7.02. The number of amides is 1. The van der Waals surface area contributed by atoms with Crippen LogP contribution in [0.1, 0.15) is 25.0 Å². The van der Waals surface area contributed by atoms with Crippen LogP contribution in [-0.2, 0) is 27.2 Å². The van der Waals surface area contributed by atoms with E-state index in [1.807, 2.05) is 18.2 Å². The average Bonchev–Trinajstić information content (AvgIpc) is 3.09. The summed E-state index contributed by atoms with van der Waals surface area (Å²) in [6, 6.07) is 10.7. The molecule has 0 saturated heterocycles. The number of hydrogen-bond acceptors (Lipinski definition) is 5. The van der Waals surface area contributed by atoms with Crippen LogP contribution in [0, 0.1) is 0 Å². The van der Waals surface area contributed by atoms with E-state index in [1.54, 1.807) is 24.5 Å².